The first-order valence-electron chi connectivity index (χ1n) is 4.77. The largest absolute Gasteiger partial charge is 0.319 e. The van der Waals surface area contributed by atoms with Crippen molar-refractivity contribution in [2.45, 2.75) is 13.3 Å². The number of hydrogen-bond acceptors (Lipinski definition) is 3. The molecule has 74 valence electrons. The summed E-state index contributed by atoms with van der Waals surface area (Å²) >= 11 is 0. The number of aromatic nitrogens is 3. The third-order valence-electron chi connectivity index (χ3n) is 2.33. The second-order valence-corrected chi connectivity index (χ2v) is 3.34. The van der Waals surface area contributed by atoms with Gasteiger partial charge in [0.05, 0.1) is 11.2 Å². The van der Waals surface area contributed by atoms with E-state index in [1.807, 2.05) is 24.6 Å². The number of likely N-dealkylation sites (N-methyl/N-ethyl adjacent to an activating group) is 1. The van der Waals surface area contributed by atoms with Crippen molar-refractivity contribution in [3.63, 3.8) is 0 Å². The maximum Gasteiger partial charge on any atom is 0.0897 e. The van der Waals surface area contributed by atoms with E-state index in [4.69, 9.17) is 0 Å². The molecular formula is C10H14N4. The van der Waals surface area contributed by atoms with E-state index in [0.29, 0.717) is 0 Å². The van der Waals surface area contributed by atoms with Gasteiger partial charge in [0.15, 0.2) is 0 Å². The lowest BCUT2D eigenvalue weighted by molar-refractivity contribution is 0.730. The molecule has 0 saturated carbocycles. The fourth-order valence-corrected chi connectivity index (χ4v) is 1.53. The summed E-state index contributed by atoms with van der Waals surface area (Å²) in [6.45, 7) is 2.93. The van der Waals surface area contributed by atoms with Crippen LogP contribution in [0.4, 0.5) is 0 Å². The van der Waals surface area contributed by atoms with Gasteiger partial charge in [0.2, 0.25) is 0 Å². The molecule has 0 fully saturated rings. The molecule has 0 unspecified atom stereocenters. The molecule has 2 heterocycles. The monoisotopic (exact) mass is 190 g/mol. The van der Waals surface area contributed by atoms with E-state index >= 15 is 0 Å². The van der Waals surface area contributed by atoms with Crippen LogP contribution in [-0.4, -0.2) is 28.4 Å². The molecule has 0 aliphatic carbocycles. The Labute approximate surface area is 82.9 Å². The molecule has 0 aliphatic rings. The molecule has 0 saturated heterocycles. The van der Waals surface area contributed by atoms with Gasteiger partial charge in [-0.15, -0.1) is 5.10 Å². The normalized spacial score (nSPS) is 11.0. The summed E-state index contributed by atoms with van der Waals surface area (Å²) in [4.78, 5) is 0. The van der Waals surface area contributed by atoms with Crippen molar-refractivity contribution in [1.29, 1.82) is 0 Å². The van der Waals surface area contributed by atoms with Gasteiger partial charge >= 0.3 is 0 Å². The molecule has 4 heteroatoms. The van der Waals surface area contributed by atoms with Crippen LogP contribution in [-0.2, 0) is 6.42 Å². The van der Waals surface area contributed by atoms with Gasteiger partial charge in [0.1, 0.15) is 0 Å². The quantitative estimate of drug-likeness (QED) is 0.778. The molecule has 4 nitrogen and oxygen atoms in total. The Balaban J connectivity index is 2.44. The van der Waals surface area contributed by atoms with E-state index in [2.05, 4.69) is 27.8 Å². The number of hydrogen-bond donors (Lipinski definition) is 1. The highest BCUT2D eigenvalue weighted by atomic mass is 15.4. The number of nitrogens with one attached hydrogen (secondary N) is 1. The first kappa shape index (κ1) is 9.15. The summed E-state index contributed by atoms with van der Waals surface area (Å²) in [6.07, 6.45) is 0.969. The zero-order chi connectivity index (χ0) is 9.97. The van der Waals surface area contributed by atoms with Crippen molar-refractivity contribution >= 4 is 5.52 Å². The fourth-order valence-electron chi connectivity index (χ4n) is 1.53. The third kappa shape index (κ3) is 1.48. The first-order chi connectivity index (χ1) is 6.83. The molecule has 0 bridgehead atoms. The third-order valence-corrected chi connectivity index (χ3v) is 2.33. The topological polar surface area (TPSA) is 42.2 Å². The first-order valence-corrected chi connectivity index (χ1v) is 4.77. The van der Waals surface area contributed by atoms with Crippen molar-refractivity contribution < 1.29 is 0 Å². The van der Waals surface area contributed by atoms with Crippen molar-refractivity contribution in [3.05, 3.63) is 29.6 Å². The van der Waals surface area contributed by atoms with Crippen LogP contribution in [0, 0.1) is 6.92 Å². The van der Waals surface area contributed by atoms with Crippen LogP contribution >= 0.6 is 0 Å². The van der Waals surface area contributed by atoms with E-state index in [0.717, 1.165) is 24.2 Å². The molecule has 2 aromatic heterocycles. The van der Waals surface area contributed by atoms with Crippen LogP contribution in [0.25, 0.3) is 5.52 Å². The van der Waals surface area contributed by atoms with Crippen molar-refractivity contribution in [2.75, 3.05) is 13.6 Å². The predicted molar refractivity (Wildman–Crippen MR) is 55.4 cm³/mol. The van der Waals surface area contributed by atoms with Crippen molar-refractivity contribution in [2.24, 2.45) is 0 Å². The average Bonchev–Trinajstić information content (AvgIpc) is 2.58. The Bertz CT molecular complexity index is 433. The van der Waals surface area contributed by atoms with Crippen LogP contribution in [0.2, 0.25) is 0 Å². The smallest absolute Gasteiger partial charge is 0.0897 e. The second kappa shape index (κ2) is 3.75. The van der Waals surface area contributed by atoms with Gasteiger partial charge in [-0.25, -0.2) is 4.52 Å². The highest BCUT2D eigenvalue weighted by molar-refractivity contribution is 5.50. The minimum absolute atomic E-state index is 0.956. The molecule has 0 aliphatic heterocycles. The Morgan fingerprint density at radius 3 is 3.07 bits per heavy atom. The van der Waals surface area contributed by atoms with E-state index < -0.39 is 0 Å². The SMILES string of the molecule is CNCCc1cccc2c(C)nnn12. The molecule has 0 radical (unpaired) electrons. The lowest BCUT2D eigenvalue weighted by atomic mass is 10.2. The summed E-state index contributed by atoms with van der Waals surface area (Å²) in [5, 5.41) is 11.3. The maximum atomic E-state index is 4.11. The van der Waals surface area contributed by atoms with E-state index in [9.17, 15) is 0 Å². The summed E-state index contributed by atoms with van der Waals surface area (Å²) in [5.74, 6) is 0. The molecule has 2 aromatic rings. The van der Waals surface area contributed by atoms with Gasteiger partial charge in [0.25, 0.3) is 0 Å². The van der Waals surface area contributed by atoms with Gasteiger partial charge in [-0.3, -0.25) is 0 Å². The van der Waals surface area contributed by atoms with Gasteiger partial charge < -0.3 is 5.32 Å². The minimum Gasteiger partial charge on any atom is -0.319 e. The molecule has 2 rings (SSSR count). The highest BCUT2D eigenvalue weighted by Crippen LogP contribution is 2.09. The Morgan fingerprint density at radius 1 is 1.43 bits per heavy atom. The molecule has 0 atom stereocenters. The van der Waals surface area contributed by atoms with Crippen LogP contribution in [0.5, 0.6) is 0 Å². The van der Waals surface area contributed by atoms with Crippen molar-refractivity contribution in [3.8, 4) is 0 Å². The Hall–Kier alpha value is -1.42. The lowest BCUT2D eigenvalue weighted by Crippen LogP contribution is -2.12. The minimum atomic E-state index is 0.956. The number of nitrogens with zero attached hydrogens (tertiary/aromatic N) is 3. The molecule has 0 amide bonds. The van der Waals surface area contributed by atoms with Crippen LogP contribution in [0.1, 0.15) is 11.4 Å². The van der Waals surface area contributed by atoms with E-state index in [1.165, 1.54) is 5.69 Å². The number of pyridine rings is 1. The summed E-state index contributed by atoms with van der Waals surface area (Å²) in [7, 11) is 1.95. The van der Waals surface area contributed by atoms with Gasteiger partial charge in [-0.05, 0) is 26.1 Å². The summed E-state index contributed by atoms with van der Waals surface area (Å²) < 4.78 is 1.91. The van der Waals surface area contributed by atoms with Crippen LogP contribution in [0.15, 0.2) is 18.2 Å². The van der Waals surface area contributed by atoms with E-state index in [-0.39, 0.29) is 0 Å². The van der Waals surface area contributed by atoms with Gasteiger partial charge in [-0.1, -0.05) is 11.3 Å². The number of aryl methyl sites for hydroxylation is 1. The summed E-state index contributed by atoms with van der Waals surface area (Å²) in [5.41, 5.74) is 3.27. The second-order valence-electron chi connectivity index (χ2n) is 3.34. The zero-order valence-electron chi connectivity index (χ0n) is 8.49. The maximum absolute atomic E-state index is 4.11. The van der Waals surface area contributed by atoms with Gasteiger partial charge in [0, 0.05) is 18.7 Å². The number of rotatable bonds is 3. The summed E-state index contributed by atoms with van der Waals surface area (Å²) in [6, 6.07) is 6.17. The van der Waals surface area contributed by atoms with Gasteiger partial charge in [-0.2, -0.15) is 0 Å². The molecule has 14 heavy (non-hydrogen) atoms. The molecule has 0 spiro atoms. The zero-order valence-corrected chi connectivity index (χ0v) is 8.49. The fraction of sp³-hybridized carbons (Fsp3) is 0.400. The Morgan fingerprint density at radius 2 is 2.29 bits per heavy atom. The van der Waals surface area contributed by atoms with Crippen LogP contribution < -0.4 is 5.32 Å². The highest BCUT2D eigenvalue weighted by Gasteiger charge is 2.04. The standard InChI is InChI=1S/C10H14N4/c1-8-10-5-3-4-9(6-7-11-2)14(10)13-12-8/h3-5,11H,6-7H2,1-2H3. The molecule has 0 aromatic carbocycles. The van der Waals surface area contributed by atoms with E-state index in [1.54, 1.807) is 0 Å². The molecule has 1 N–H and O–H groups in total. The Kier molecular flexibility index (Phi) is 2.45. The molecular weight excluding hydrogens is 176 g/mol. The number of fused-ring (bicyclic) bond motifs is 1. The van der Waals surface area contributed by atoms with Crippen LogP contribution in [0.3, 0.4) is 0 Å². The predicted octanol–water partition coefficient (Wildman–Crippen LogP) is 0.800. The van der Waals surface area contributed by atoms with Crippen molar-refractivity contribution in [1.82, 2.24) is 20.1 Å². The average molecular weight is 190 g/mol. The lowest BCUT2D eigenvalue weighted by Gasteiger charge is -2.02.